The number of rotatable bonds is 5. The number of H-pyrrole nitrogens is 1. The van der Waals surface area contributed by atoms with Gasteiger partial charge in [0.05, 0.1) is 0 Å². The molecule has 1 saturated carbocycles. The van der Waals surface area contributed by atoms with Crippen LogP contribution in [0.15, 0.2) is 9.95 Å². The SMILES string of the molecule is CCNC1CCC(Sc2n[nH]c(=O)n2C(C)C)C1C. The number of nitrogens with one attached hydrogen (secondary N) is 2. The second-order valence-corrected chi connectivity index (χ2v) is 6.74. The molecule has 0 aliphatic heterocycles. The Balaban J connectivity index is 2.08. The van der Waals surface area contributed by atoms with Crippen LogP contribution < -0.4 is 11.0 Å². The molecular weight excluding hydrogens is 260 g/mol. The van der Waals surface area contributed by atoms with Crippen molar-refractivity contribution in [1.29, 1.82) is 0 Å². The Bertz CT molecular complexity index is 467. The fourth-order valence-corrected chi connectivity index (χ4v) is 4.24. The Kier molecular flexibility index (Phi) is 4.73. The van der Waals surface area contributed by atoms with Gasteiger partial charge in [0.2, 0.25) is 0 Å². The fraction of sp³-hybridized carbons (Fsp3) is 0.846. The Hall–Kier alpha value is -0.750. The molecule has 19 heavy (non-hydrogen) atoms. The number of hydrogen-bond acceptors (Lipinski definition) is 4. The smallest absolute Gasteiger partial charge is 0.314 e. The minimum absolute atomic E-state index is 0.105. The molecule has 1 aromatic heterocycles. The highest BCUT2D eigenvalue weighted by Crippen LogP contribution is 2.38. The monoisotopic (exact) mass is 284 g/mol. The van der Waals surface area contributed by atoms with Crippen LogP contribution in [0, 0.1) is 5.92 Å². The Morgan fingerprint density at radius 1 is 1.53 bits per heavy atom. The molecule has 1 heterocycles. The highest BCUT2D eigenvalue weighted by Gasteiger charge is 2.34. The largest absolute Gasteiger partial charge is 0.344 e. The summed E-state index contributed by atoms with van der Waals surface area (Å²) in [4.78, 5) is 11.7. The summed E-state index contributed by atoms with van der Waals surface area (Å²) < 4.78 is 1.75. The van der Waals surface area contributed by atoms with Crippen LogP contribution in [0.5, 0.6) is 0 Å². The van der Waals surface area contributed by atoms with Crippen molar-refractivity contribution in [2.24, 2.45) is 5.92 Å². The van der Waals surface area contributed by atoms with E-state index in [4.69, 9.17) is 0 Å². The van der Waals surface area contributed by atoms with E-state index in [1.54, 1.807) is 16.3 Å². The van der Waals surface area contributed by atoms with Crippen LogP contribution in [0.1, 0.15) is 46.6 Å². The molecule has 3 unspecified atom stereocenters. The maximum Gasteiger partial charge on any atom is 0.344 e. The fourth-order valence-electron chi connectivity index (χ4n) is 2.81. The lowest BCUT2D eigenvalue weighted by Crippen LogP contribution is -2.33. The third-order valence-corrected chi connectivity index (χ3v) is 5.36. The molecular formula is C13H24N4OS. The maximum absolute atomic E-state index is 11.7. The van der Waals surface area contributed by atoms with E-state index < -0.39 is 0 Å². The molecule has 1 aromatic rings. The van der Waals surface area contributed by atoms with Crippen molar-refractivity contribution >= 4 is 11.8 Å². The summed E-state index contributed by atoms with van der Waals surface area (Å²) in [5, 5.41) is 11.6. The van der Waals surface area contributed by atoms with Crippen LogP contribution >= 0.6 is 11.8 Å². The van der Waals surface area contributed by atoms with Gasteiger partial charge in [-0.2, -0.15) is 0 Å². The van der Waals surface area contributed by atoms with Gasteiger partial charge < -0.3 is 5.32 Å². The lowest BCUT2D eigenvalue weighted by atomic mass is 10.1. The maximum atomic E-state index is 11.7. The van der Waals surface area contributed by atoms with E-state index in [1.165, 1.54) is 12.8 Å². The summed E-state index contributed by atoms with van der Waals surface area (Å²) in [6, 6.07) is 0.746. The average molecular weight is 284 g/mol. The normalized spacial score (nSPS) is 27.3. The van der Waals surface area contributed by atoms with Crippen molar-refractivity contribution in [1.82, 2.24) is 20.1 Å². The second kappa shape index (κ2) is 6.13. The minimum Gasteiger partial charge on any atom is -0.314 e. The molecule has 0 bridgehead atoms. The molecule has 1 aliphatic rings. The van der Waals surface area contributed by atoms with Gasteiger partial charge in [-0.25, -0.2) is 9.89 Å². The zero-order valence-electron chi connectivity index (χ0n) is 12.1. The van der Waals surface area contributed by atoms with Gasteiger partial charge in [-0.15, -0.1) is 5.10 Å². The zero-order valence-corrected chi connectivity index (χ0v) is 13.0. The molecule has 2 rings (SSSR count). The Labute approximate surface area is 118 Å². The summed E-state index contributed by atoms with van der Waals surface area (Å²) in [5.41, 5.74) is -0.105. The lowest BCUT2D eigenvalue weighted by Gasteiger charge is -2.21. The molecule has 0 spiro atoms. The van der Waals surface area contributed by atoms with E-state index in [2.05, 4.69) is 29.4 Å². The number of aromatic amines is 1. The van der Waals surface area contributed by atoms with E-state index >= 15 is 0 Å². The van der Waals surface area contributed by atoms with Crippen LogP contribution in [0.2, 0.25) is 0 Å². The molecule has 0 amide bonds. The molecule has 0 aromatic carbocycles. The van der Waals surface area contributed by atoms with E-state index in [1.807, 2.05) is 13.8 Å². The predicted molar refractivity (Wildman–Crippen MR) is 78.7 cm³/mol. The van der Waals surface area contributed by atoms with Crippen LogP contribution in [0.25, 0.3) is 0 Å². The first kappa shape index (κ1) is 14.7. The van der Waals surface area contributed by atoms with Crippen molar-refractivity contribution in [2.75, 3.05) is 6.54 Å². The highest BCUT2D eigenvalue weighted by atomic mass is 32.2. The van der Waals surface area contributed by atoms with Crippen molar-refractivity contribution < 1.29 is 0 Å². The third-order valence-electron chi connectivity index (χ3n) is 3.89. The van der Waals surface area contributed by atoms with Gasteiger partial charge in [0.25, 0.3) is 0 Å². The van der Waals surface area contributed by atoms with Gasteiger partial charge >= 0.3 is 5.69 Å². The van der Waals surface area contributed by atoms with E-state index in [9.17, 15) is 4.79 Å². The lowest BCUT2D eigenvalue weighted by molar-refractivity contribution is 0.440. The molecule has 0 radical (unpaired) electrons. The molecule has 0 saturated heterocycles. The molecule has 6 heteroatoms. The topological polar surface area (TPSA) is 62.7 Å². The third kappa shape index (κ3) is 3.05. The first-order valence-electron chi connectivity index (χ1n) is 7.11. The molecule has 5 nitrogen and oxygen atoms in total. The predicted octanol–water partition coefficient (Wildman–Crippen LogP) is 2.02. The minimum atomic E-state index is -0.105. The zero-order chi connectivity index (χ0) is 14.0. The van der Waals surface area contributed by atoms with Crippen molar-refractivity contribution in [3.8, 4) is 0 Å². The van der Waals surface area contributed by atoms with Gasteiger partial charge in [0, 0.05) is 17.3 Å². The van der Waals surface area contributed by atoms with Crippen LogP contribution in [-0.4, -0.2) is 32.6 Å². The van der Waals surface area contributed by atoms with E-state index in [0.29, 0.717) is 17.2 Å². The molecule has 1 fully saturated rings. The average Bonchev–Trinajstić information content (AvgIpc) is 2.87. The van der Waals surface area contributed by atoms with Crippen molar-refractivity contribution in [2.45, 2.75) is 63.0 Å². The van der Waals surface area contributed by atoms with Crippen LogP contribution in [0.4, 0.5) is 0 Å². The van der Waals surface area contributed by atoms with Crippen molar-refractivity contribution in [3.63, 3.8) is 0 Å². The van der Waals surface area contributed by atoms with Gasteiger partial charge in [-0.3, -0.25) is 4.57 Å². The number of thioether (sulfide) groups is 1. The summed E-state index contributed by atoms with van der Waals surface area (Å²) in [6.07, 6.45) is 2.39. The summed E-state index contributed by atoms with van der Waals surface area (Å²) in [6.45, 7) is 9.49. The first-order valence-corrected chi connectivity index (χ1v) is 7.99. The van der Waals surface area contributed by atoms with Gasteiger partial charge in [-0.1, -0.05) is 25.6 Å². The Morgan fingerprint density at radius 2 is 2.26 bits per heavy atom. The standard InChI is InChI=1S/C13H24N4OS/c1-5-14-10-6-7-11(9(10)4)19-13-16-15-12(18)17(13)8(2)3/h8-11,14H,5-7H2,1-4H3,(H,15,18). The molecule has 2 N–H and O–H groups in total. The summed E-state index contributed by atoms with van der Waals surface area (Å²) in [7, 11) is 0. The number of aromatic nitrogens is 3. The van der Waals surface area contributed by atoms with Crippen LogP contribution in [0.3, 0.4) is 0 Å². The molecule has 108 valence electrons. The summed E-state index contributed by atoms with van der Waals surface area (Å²) >= 11 is 1.75. The quantitative estimate of drug-likeness (QED) is 0.868. The van der Waals surface area contributed by atoms with Gasteiger partial charge in [-0.05, 0) is 39.2 Å². The van der Waals surface area contributed by atoms with Crippen molar-refractivity contribution in [3.05, 3.63) is 10.5 Å². The van der Waals surface area contributed by atoms with Gasteiger partial charge in [0.15, 0.2) is 5.16 Å². The molecule has 3 atom stereocenters. The van der Waals surface area contributed by atoms with Gasteiger partial charge in [0.1, 0.15) is 0 Å². The van der Waals surface area contributed by atoms with E-state index in [-0.39, 0.29) is 11.7 Å². The van der Waals surface area contributed by atoms with Crippen LogP contribution in [-0.2, 0) is 0 Å². The first-order chi connectivity index (χ1) is 9.04. The number of nitrogens with zero attached hydrogens (tertiary/aromatic N) is 2. The summed E-state index contributed by atoms with van der Waals surface area (Å²) in [5.74, 6) is 0.609. The highest BCUT2D eigenvalue weighted by molar-refractivity contribution is 7.99. The number of hydrogen-bond donors (Lipinski definition) is 2. The second-order valence-electron chi connectivity index (χ2n) is 5.53. The molecule has 1 aliphatic carbocycles. The van der Waals surface area contributed by atoms with E-state index in [0.717, 1.165) is 11.7 Å². The Morgan fingerprint density at radius 3 is 2.89 bits per heavy atom.